The Kier molecular flexibility index (Phi) is 3.70. The summed E-state index contributed by atoms with van der Waals surface area (Å²) in [7, 11) is 2.05. The van der Waals surface area contributed by atoms with Gasteiger partial charge < -0.3 is 9.88 Å². The molecule has 2 rings (SSSR count). The van der Waals surface area contributed by atoms with Crippen LogP contribution in [0.2, 0.25) is 0 Å². The third kappa shape index (κ3) is 2.75. The van der Waals surface area contributed by atoms with Crippen molar-refractivity contribution in [2.75, 3.05) is 18.1 Å². The van der Waals surface area contributed by atoms with E-state index in [9.17, 15) is 0 Å². The van der Waals surface area contributed by atoms with Crippen LogP contribution in [0, 0.1) is 5.92 Å². The molecule has 1 aliphatic rings. The molecule has 1 N–H and O–H groups in total. The molecule has 0 saturated carbocycles. The Hall–Kier alpha value is -0.480. The number of aromatic nitrogens is 2. The molecule has 2 unspecified atom stereocenters. The number of imidazole rings is 1. The highest BCUT2D eigenvalue weighted by Gasteiger charge is 2.17. The quantitative estimate of drug-likeness (QED) is 0.848. The maximum absolute atomic E-state index is 4.36. The van der Waals surface area contributed by atoms with Crippen molar-refractivity contribution in [2.45, 2.75) is 19.4 Å². The van der Waals surface area contributed by atoms with Gasteiger partial charge in [-0.2, -0.15) is 11.8 Å². The van der Waals surface area contributed by atoms with Gasteiger partial charge in [0, 0.05) is 19.4 Å². The molecule has 4 heteroatoms. The lowest BCUT2D eigenvalue weighted by Gasteiger charge is -2.16. The number of hydrogen-bond acceptors (Lipinski definition) is 3. The van der Waals surface area contributed by atoms with Gasteiger partial charge in [-0.3, -0.25) is 0 Å². The molecule has 1 aromatic heterocycles. The molecule has 0 amide bonds. The first-order chi connectivity index (χ1) is 7.27. The van der Waals surface area contributed by atoms with Crippen LogP contribution in [0.5, 0.6) is 0 Å². The summed E-state index contributed by atoms with van der Waals surface area (Å²) in [5, 5.41) is 3.57. The van der Waals surface area contributed by atoms with Crippen molar-refractivity contribution in [3.8, 4) is 0 Å². The lowest BCUT2D eigenvalue weighted by atomic mass is 10.1. The van der Waals surface area contributed by atoms with E-state index in [1.54, 1.807) is 0 Å². The summed E-state index contributed by atoms with van der Waals surface area (Å²) in [5.74, 6) is 4.64. The van der Waals surface area contributed by atoms with E-state index >= 15 is 0 Å². The molecule has 0 radical (unpaired) electrons. The fraction of sp³-hybridized carbons (Fsp3) is 0.727. The van der Waals surface area contributed by atoms with Gasteiger partial charge in [-0.05, 0) is 37.3 Å². The van der Waals surface area contributed by atoms with Crippen LogP contribution >= 0.6 is 11.8 Å². The summed E-state index contributed by atoms with van der Waals surface area (Å²) in [6.45, 7) is 3.31. The molecule has 0 bridgehead atoms. The molecule has 1 aromatic rings. The van der Waals surface area contributed by atoms with Gasteiger partial charge in [0.05, 0.1) is 6.04 Å². The summed E-state index contributed by atoms with van der Waals surface area (Å²) in [4.78, 5) is 4.36. The molecular formula is C11H19N3S. The smallest absolute Gasteiger partial charge is 0.125 e. The highest BCUT2D eigenvalue weighted by Crippen LogP contribution is 2.23. The highest BCUT2D eigenvalue weighted by molar-refractivity contribution is 7.99. The fourth-order valence-corrected chi connectivity index (χ4v) is 3.26. The first-order valence-corrected chi connectivity index (χ1v) is 6.71. The lowest BCUT2D eigenvalue weighted by molar-refractivity contribution is 0.459. The summed E-state index contributed by atoms with van der Waals surface area (Å²) in [6.07, 6.45) is 5.23. The zero-order valence-electron chi connectivity index (χ0n) is 9.44. The zero-order chi connectivity index (χ0) is 10.7. The summed E-state index contributed by atoms with van der Waals surface area (Å²) < 4.78 is 2.08. The fourth-order valence-electron chi connectivity index (χ4n) is 1.97. The molecular weight excluding hydrogens is 206 g/mol. The van der Waals surface area contributed by atoms with E-state index in [2.05, 4.69) is 33.6 Å². The maximum Gasteiger partial charge on any atom is 0.125 e. The van der Waals surface area contributed by atoms with Crippen LogP contribution in [0.3, 0.4) is 0 Å². The Labute approximate surface area is 95.7 Å². The van der Waals surface area contributed by atoms with Gasteiger partial charge in [0.15, 0.2) is 0 Å². The minimum Gasteiger partial charge on any atom is -0.337 e. The van der Waals surface area contributed by atoms with Gasteiger partial charge >= 0.3 is 0 Å². The molecule has 0 aromatic carbocycles. The zero-order valence-corrected chi connectivity index (χ0v) is 10.3. The second kappa shape index (κ2) is 5.03. The van der Waals surface area contributed by atoms with Crippen molar-refractivity contribution >= 4 is 11.8 Å². The lowest BCUT2D eigenvalue weighted by Crippen LogP contribution is -2.27. The molecule has 3 nitrogen and oxygen atoms in total. The van der Waals surface area contributed by atoms with Gasteiger partial charge in [0.2, 0.25) is 0 Å². The van der Waals surface area contributed by atoms with E-state index in [0.29, 0.717) is 6.04 Å². The van der Waals surface area contributed by atoms with E-state index in [1.165, 1.54) is 17.9 Å². The van der Waals surface area contributed by atoms with Crippen LogP contribution < -0.4 is 5.32 Å². The Bertz CT molecular complexity index is 305. The molecule has 2 heterocycles. The number of hydrogen-bond donors (Lipinski definition) is 1. The van der Waals surface area contributed by atoms with Gasteiger partial charge in [-0.1, -0.05) is 0 Å². The van der Waals surface area contributed by atoms with Crippen molar-refractivity contribution in [3.05, 3.63) is 18.2 Å². The first-order valence-electron chi connectivity index (χ1n) is 5.55. The number of rotatable bonds is 4. The monoisotopic (exact) mass is 225 g/mol. The second-order valence-corrected chi connectivity index (χ2v) is 5.41. The molecule has 2 atom stereocenters. The second-order valence-electron chi connectivity index (χ2n) is 4.26. The number of aryl methyl sites for hydroxylation is 1. The maximum atomic E-state index is 4.36. The van der Waals surface area contributed by atoms with Crippen LogP contribution in [0.15, 0.2) is 12.4 Å². The van der Waals surface area contributed by atoms with E-state index in [1.807, 2.05) is 19.4 Å². The van der Waals surface area contributed by atoms with Crippen LogP contribution in [0.25, 0.3) is 0 Å². The average molecular weight is 225 g/mol. The average Bonchev–Trinajstić information content (AvgIpc) is 2.84. The largest absolute Gasteiger partial charge is 0.337 e. The van der Waals surface area contributed by atoms with Gasteiger partial charge in [-0.25, -0.2) is 4.98 Å². The third-order valence-electron chi connectivity index (χ3n) is 2.98. The molecule has 0 aliphatic carbocycles. The Morgan fingerprint density at radius 1 is 1.73 bits per heavy atom. The molecule has 15 heavy (non-hydrogen) atoms. The van der Waals surface area contributed by atoms with E-state index < -0.39 is 0 Å². The van der Waals surface area contributed by atoms with Crippen molar-refractivity contribution in [1.29, 1.82) is 0 Å². The van der Waals surface area contributed by atoms with Crippen molar-refractivity contribution in [2.24, 2.45) is 13.0 Å². The van der Waals surface area contributed by atoms with E-state index in [0.717, 1.165) is 18.3 Å². The standard InChI is InChI=1S/C11H19N3S/c1-9(11-12-4-5-14(11)2)13-7-10-3-6-15-8-10/h4-5,9-10,13H,3,6-8H2,1-2H3. The first kappa shape index (κ1) is 11.0. The number of thioether (sulfide) groups is 1. The third-order valence-corrected chi connectivity index (χ3v) is 4.21. The molecule has 1 saturated heterocycles. The number of nitrogens with one attached hydrogen (secondary N) is 1. The van der Waals surface area contributed by atoms with Gasteiger partial charge in [-0.15, -0.1) is 0 Å². The van der Waals surface area contributed by atoms with Crippen LogP contribution in [0.4, 0.5) is 0 Å². The number of nitrogens with zero attached hydrogens (tertiary/aromatic N) is 2. The molecule has 84 valence electrons. The minimum atomic E-state index is 0.357. The minimum absolute atomic E-state index is 0.357. The van der Waals surface area contributed by atoms with Gasteiger partial charge in [0.1, 0.15) is 5.82 Å². The Morgan fingerprint density at radius 2 is 2.60 bits per heavy atom. The molecule has 1 fully saturated rings. The SMILES string of the molecule is CC(NCC1CCSC1)c1nccn1C. The van der Waals surface area contributed by atoms with Gasteiger partial charge in [0.25, 0.3) is 0 Å². The summed E-state index contributed by atoms with van der Waals surface area (Å²) in [6, 6.07) is 0.357. The summed E-state index contributed by atoms with van der Waals surface area (Å²) >= 11 is 2.07. The van der Waals surface area contributed by atoms with E-state index in [-0.39, 0.29) is 0 Å². The van der Waals surface area contributed by atoms with Crippen LogP contribution in [0.1, 0.15) is 25.2 Å². The molecule has 1 aliphatic heterocycles. The highest BCUT2D eigenvalue weighted by atomic mass is 32.2. The summed E-state index contributed by atoms with van der Waals surface area (Å²) in [5.41, 5.74) is 0. The van der Waals surface area contributed by atoms with Crippen molar-refractivity contribution in [3.63, 3.8) is 0 Å². The predicted molar refractivity (Wildman–Crippen MR) is 65.1 cm³/mol. The van der Waals surface area contributed by atoms with Crippen LogP contribution in [-0.2, 0) is 7.05 Å². The Morgan fingerprint density at radius 3 is 3.20 bits per heavy atom. The van der Waals surface area contributed by atoms with Crippen molar-refractivity contribution < 1.29 is 0 Å². The van der Waals surface area contributed by atoms with Crippen LogP contribution in [-0.4, -0.2) is 27.6 Å². The topological polar surface area (TPSA) is 29.9 Å². The Balaban J connectivity index is 1.81. The van der Waals surface area contributed by atoms with E-state index in [4.69, 9.17) is 0 Å². The predicted octanol–water partition coefficient (Wildman–Crippen LogP) is 1.82. The molecule has 0 spiro atoms. The van der Waals surface area contributed by atoms with Crippen molar-refractivity contribution in [1.82, 2.24) is 14.9 Å². The normalized spacial score (nSPS) is 23.2.